The summed E-state index contributed by atoms with van der Waals surface area (Å²) in [4.78, 5) is 23.6. The number of phenols is 2. The summed E-state index contributed by atoms with van der Waals surface area (Å²) < 4.78 is 9.50. The molecule has 1 saturated carbocycles. The van der Waals surface area contributed by atoms with Crippen molar-refractivity contribution in [1.29, 1.82) is 0 Å². The van der Waals surface area contributed by atoms with Crippen molar-refractivity contribution in [2.45, 2.75) is 36.8 Å². The molecular weight excluding hydrogens is 348 g/mol. The predicted octanol–water partition coefficient (Wildman–Crippen LogP) is -0.558. The van der Waals surface area contributed by atoms with E-state index in [1.807, 2.05) is 0 Å². The van der Waals surface area contributed by atoms with E-state index in [1.54, 1.807) is 0 Å². The summed E-state index contributed by atoms with van der Waals surface area (Å²) in [6.45, 7) is 0. The molecule has 1 aliphatic rings. The minimum Gasteiger partial charge on any atom is -0.504 e. The number of rotatable bonds is 4. The van der Waals surface area contributed by atoms with E-state index in [1.165, 1.54) is 24.3 Å². The Labute approximate surface area is 148 Å². The Morgan fingerprint density at radius 2 is 1.88 bits per heavy atom. The normalized spacial score (nSPS) is 28.7. The number of aromatic hydroxyl groups is 2. The second-order valence-electron chi connectivity index (χ2n) is 6.05. The first-order valence-electron chi connectivity index (χ1n) is 7.74. The van der Waals surface area contributed by atoms with Crippen LogP contribution < -0.4 is 0 Å². The number of hydrogen-bond donors (Lipinski definition) is 5. The Hall–Kier alpha value is -2.62. The molecule has 0 heterocycles. The molecule has 5 N–H and O–H groups in total. The standard InChI is InChI=1S/C17H20O9/c1-25-16(23)17(24)7-12(20)15(22)13(8-17)26-14(21)5-3-9-2-4-10(18)11(19)6-9/h2-6,12-13,15,18-20,22,24H,7-8H2,1H3/t12-,13-,15+,17-/m1/s1. The number of esters is 2. The largest absolute Gasteiger partial charge is 0.504 e. The van der Waals surface area contributed by atoms with Crippen molar-refractivity contribution in [2.24, 2.45) is 0 Å². The number of aliphatic hydroxyl groups is 3. The Balaban J connectivity index is 2.07. The van der Waals surface area contributed by atoms with Crippen molar-refractivity contribution >= 4 is 18.0 Å². The molecule has 1 fully saturated rings. The lowest BCUT2D eigenvalue weighted by Gasteiger charge is -2.39. The van der Waals surface area contributed by atoms with Crippen LogP contribution in [0.1, 0.15) is 18.4 Å². The van der Waals surface area contributed by atoms with Gasteiger partial charge in [0.25, 0.3) is 0 Å². The van der Waals surface area contributed by atoms with Crippen LogP contribution in [0.4, 0.5) is 0 Å². The molecule has 0 spiro atoms. The SMILES string of the molecule is COC(=O)[C@@]1(O)C[C@@H](O)[C@H](O)[C@H](OC(=O)C=Cc2ccc(O)c(O)c2)C1. The maximum Gasteiger partial charge on any atom is 0.338 e. The molecule has 1 aromatic rings. The molecule has 0 aliphatic heterocycles. The van der Waals surface area contributed by atoms with E-state index in [0.717, 1.165) is 13.2 Å². The first kappa shape index (κ1) is 19.7. The van der Waals surface area contributed by atoms with E-state index in [9.17, 15) is 35.1 Å². The summed E-state index contributed by atoms with van der Waals surface area (Å²) in [7, 11) is 1.06. The number of hydrogen-bond acceptors (Lipinski definition) is 9. The molecule has 0 radical (unpaired) electrons. The average molecular weight is 368 g/mol. The Kier molecular flexibility index (Phi) is 5.86. The van der Waals surface area contributed by atoms with Gasteiger partial charge in [-0.2, -0.15) is 0 Å². The highest BCUT2D eigenvalue weighted by Crippen LogP contribution is 2.32. The maximum atomic E-state index is 11.9. The number of benzene rings is 1. The molecular formula is C17H20O9. The molecule has 1 aliphatic carbocycles. The highest BCUT2D eigenvalue weighted by Gasteiger charge is 2.50. The fourth-order valence-corrected chi connectivity index (χ4v) is 2.72. The molecule has 0 amide bonds. The van der Waals surface area contributed by atoms with Crippen molar-refractivity contribution in [3.05, 3.63) is 29.8 Å². The van der Waals surface area contributed by atoms with Gasteiger partial charge < -0.3 is 35.0 Å². The molecule has 1 aromatic carbocycles. The first-order chi connectivity index (χ1) is 12.2. The average Bonchev–Trinajstić information content (AvgIpc) is 2.59. The predicted molar refractivity (Wildman–Crippen MR) is 86.9 cm³/mol. The number of ether oxygens (including phenoxy) is 2. The Morgan fingerprint density at radius 3 is 2.50 bits per heavy atom. The number of carbonyl (C=O) groups excluding carboxylic acids is 2. The summed E-state index contributed by atoms with van der Waals surface area (Å²) in [5.74, 6) is -2.58. The number of carbonyl (C=O) groups is 2. The van der Waals surface area contributed by atoms with Gasteiger partial charge in [0.15, 0.2) is 17.1 Å². The van der Waals surface area contributed by atoms with Crippen molar-refractivity contribution < 1.29 is 44.6 Å². The van der Waals surface area contributed by atoms with Crippen LogP contribution in [0.2, 0.25) is 0 Å². The third-order valence-corrected chi connectivity index (χ3v) is 4.11. The van der Waals surface area contributed by atoms with E-state index < -0.39 is 48.7 Å². The van der Waals surface area contributed by atoms with Gasteiger partial charge in [-0.15, -0.1) is 0 Å². The molecule has 9 heteroatoms. The Morgan fingerprint density at radius 1 is 1.19 bits per heavy atom. The minimum absolute atomic E-state index is 0.314. The van der Waals surface area contributed by atoms with Crippen LogP contribution in [0.3, 0.4) is 0 Å². The second-order valence-corrected chi connectivity index (χ2v) is 6.05. The molecule has 142 valence electrons. The molecule has 0 saturated heterocycles. The van der Waals surface area contributed by atoms with Crippen LogP contribution >= 0.6 is 0 Å². The van der Waals surface area contributed by atoms with Gasteiger partial charge in [-0.25, -0.2) is 9.59 Å². The van der Waals surface area contributed by atoms with E-state index >= 15 is 0 Å². The number of phenolic OH excluding ortho intramolecular Hbond substituents is 2. The monoisotopic (exact) mass is 368 g/mol. The third kappa shape index (κ3) is 4.31. The van der Waals surface area contributed by atoms with Crippen molar-refractivity contribution in [1.82, 2.24) is 0 Å². The highest BCUT2D eigenvalue weighted by atomic mass is 16.6. The van der Waals surface area contributed by atoms with Gasteiger partial charge in [-0.3, -0.25) is 0 Å². The zero-order chi connectivity index (χ0) is 19.5. The lowest BCUT2D eigenvalue weighted by Crippen LogP contribution is -2.57. The lowest BCUT2D eigenvalue weighted by molar-refractivity contribution is -0.198. The van der Waals surface area contributed by atoms with E-state index in [-0.39, 0.29) is 11.5 Å². The van der Waals surface area contributed by atoms with Crippen LogP contribution in [0.25, 0.3) is 6.08 Å². The number of aliphatic hydroxyl groups excluding tert-OH is 2. The molecule has 2 rings (SSSR count). The van der Waals surface area contributed by atoms with E-state index in [0.29, 0.717) is 5.56 Å². The lowest BCUT2D eigenvalue weighted by atomic mass is 9.79. The fraction of sp³-hybridized carbons (Fsp3) is 0.412. The quantitative estimate of drug-likeness (QED) is 0.267. The van der Waals surface area contributed by atoms with Gasteiger partial charge in [-0.05, 0) is 23.8 Å². The molecule has 0 bridgehead atoms. The maximum absolute atomic E-state index is 11.9. The Bertz CT molecular complexity index is 714. The highest BCUT2D eigenvalue weighted by molar-refractivity contribution is 5.87. The topological polar surface area (TPSA) is 154 Å². The van der Waals surface area contributed by atoms with Gasteiger partial charge in [-0.1, -0.05) is 6.07 Å². The second kappa shape index (κ2) is 7.73. The van der Waals surface area contributed by atoms with E-state index in [4.69, 9.17) is 4.74 Å². The molecule has 9 nitrogen and oxygen atoms in total. The van der Waals surface area contributed by atoms with Gasteiger partial charge in [0, 0.05) is 18.9 Å². The van der Waals surface area contributed by atoms with Gasteiger partial charge in [0.05, 0.1) is 13.2 Å². The summed E-state index contributed by atoms with van der Waals surface area (Å²) in [5.41, 5.74) is -1.68. The van der Waals surface area contributed by atoms with Gasteiger partial charge in [0.1, 0.15) is 12.2 Å². The molecule has 4 atom stereocenters. The van der Waals surface area contributed by atoms with Crippen LogP contribution in [-0.4, -0.2) is 68.5 Å². The van der Waals surface area contributed by atoms with Gasteiger partial charge in [0.2, 0.25) is 0 Å². The summed E-state index contributed by atoms with van der Waals surface area (Å²) in [5, 5.41) is 48.7. The summed E-state index contributed by atoms with van der Waals surface area (Å²) in [6, 6.07) is 3.89. The van der Waals surface area contributed by atoms with Crippen molar-refractivity contribution in [3.63, 3.8) is 0 Å². The fourth-order valence-electron chi connectivity index (χ4n) is 2.72. The summed E-state index contributed by atoms with van der Waals surface area (Å²) in [6.07, 6.45) is -2.88. The zero-order valence-electron chi connectivity index (χ0n) is 13.9. The third-order valence-electron chi connectivity index (χ3n) is 4.11. The molecule has 26 heavy (non-hydrogen) atoms. The van der Waals surface area contributed by atoms with Crippen LogP contribution in [0.5, 0.6) is 11.5 Å². The van der Waals surface area contributed by atoms with Crippen LogP contribution in [0.15, 0.2) is 24.3 Å². The first-order valence-corrected chi connectivity index (χ1v) is 7.74. The molecule has 0 unspecified atom stereocenters. The zero-order valence-corrected chi connectivity index (χ0v) is 13.9. The smallest absolute Gasteiger partial charge is 0.338 e. The van der Waals surface area contributed by atoms with Gasteiger partial charge >= 0.3 is 11.9 Å². The van der Waals surface area contributed by atoms with E-state index in [2.05, 4.69) is 4.74 Å². The van der Waals surface area contributed by atoms with Crippen LogP contribution in [-0.2, 0) is 19.1 Å². The van der Waals surface area contributed by atoms with Crippen molar-refractivity contribution in [2.75, 3.05) is 7.11 Å². The number of methoxy groups -OCH3 is 1. The summed E-state index contributed by atoms with van der Waals surface area (Å²) >= 11 is 0. The minimum atomic E-state index is -2.08. The van der Waals surface area contributed by atoms with Crippen molar-refractivity contribution in [3.8, 4) is 11.5 Å². The molecule has 0 aromatic heterocycles. The van der Waals surface area contributed by atoms with Crippen LogP contribution in [0, 0.1) is 0 Å².